The molecule has 0 spiro atoms. The Morgan fingerprint density at radius 3 is 2.71 bits per heavy atom. The molecule has 1 aliphatic rings. The number of imidazole rings is 1. The van der Waals surface area contributed by atoms with Gasteiger partial charge in [-0.05, 0) is 31.4 Å². The molecule has 5 nitrogen and oxygen atoms in total. The minimum Gasteiger partial charge on any atom is -0.388 e. The van der Waals surface area contributed by atoms with Crippen LogP contribution < -0.4 is 0 Å². The summed E-state index contributed by atoms with van der Waals surface area (Å²) in [6.45, 7) is 5.35. The number of aliphatic hydroxyl groups is 1. The number of rotatable bonds is 4. The van der Waals surface area contributed by atoms with Crippen molar-refractivity contribution < 1.29 is 5.11 Å². The summed E-state index contributed by atoms with van der Waals surface area (Å²) in [7, 11) is 0. The van der Waals surface area contributed by atoms with Crippen LogP contribution in [0, 0.1) is 6.92 Å². The van der Waals surface area contributed by atoms with Gasteiger partial charge in [-0.25, -0.2) is 4.98 Å². The molecule has 2 aromatic heterocycles. The topological polar surface area (TPSA) is 54.2 Å². The lowest BCUT2D eigenvalue weighted by Gasteiger charge is -2.38. The Morgan fingerprint density at radius 1 is 1.29 bits per heavy atom. The highest BCUT2D eigenvalue weighted by atomic mass is 16.3. The summed E-state index contributed by atoms with van der Waals surface area (Å²) in [6.07, 6.45) is 9.03. The average Bonchev–Trinajstić information content (AvgIpc) is 2.88. The van der Waals surface area contributed by atoms with E-state index in [1.807, 2.05) is 30.0 Å². The highest BCUT2D eigenvalue weighted by molar-refractivity contribution is 5.08. The predicted molar refractivity (Wildman–Crippen MR) is 80.7 cm³/mol. The van der Waals surface area contributed by atoms with Crippen LogP contribution in [0.25, 0.3) is 0 Å². The van der Waals surface area contributed by atoms with Gasteiger partial charge < -0.3 is 9.67 Å². The SMILES string of the molecule is Cc1nccn1CC1(O)CCN(Cc2cccnc2)CC1. The largest absolute Gasteiger partial charge is 0.388 e. The van der Waals surface area contributed by atoms with Crippen molar-refractivity contribution in [3.8, 4) is 0 Å². The Kier molecular flexibility index (Phi) is 4.03. The highest BCUT2D eigenvalue weighted by Gasteiger charge is 2.32. The van der Waals surface area contributed by atoms with Crippen LogP contribution in [-0.2, 0) is 13.1 Å². The summed E-state index contributed by atoms with van der Waals surface area (Å²) in [4.78, 5) is 10.8. The van der Waals surface area contributed by atoms with Gasteiger partial charge in [-0.1, -0.05) is 6.07 Å². The maximum Gasteiger partial charge on any atom is 0.105 e. The molecule has 0 atom stereocenters. The number of aromatic nitrogens is 3. The first kappa shape index (κ1) is 14.2. The van der Waals surface area contributed by atoms with Crippen LogP contribution in [0.4, 0.5) is 0 Å². The number of pyridine rings is 1. The maximum absolute atomic E-state index is 10.8. The molecule has 1 N–H and O–H groups in total. The number of aryl methyl sites for hydroxylation is 1. The molecule has 3 heterocycles. The Labute approximate surface area is 125 Å². The lowest BCUT2D eigenvalue weighted by Crippen LogP contribution is -2.46. The third-order valence-corrected chi connectivity index (χ3v) is 4.30. The molecule has 0 unspecified atom stereocenters. The molecule has 5 heteroatoms. The standard InChI is InChI=1S/C16H22N4O/c1-14-18-7-10-20(14)13-16(21)4-8-19(9-5-16)12-15-3-2-6-17-11-15/h2-3,6-7,10-11,21H,4-5,8-9,12-13H2,1H3. The summed E-state index contributed by atoms with van der Waals surface area (Å²) in [5.74, 6) is 0.959. The molecule has 1 saturated heterocycles. The van der Waals surface area contributed by atoms with E-state index in [1.165, 1.54) is 5.56 Å². The van der Waals surface area contributed by atoms with Crippen LogP contribution in [0.5, 0.6) is 0 Å². The first-order chi connectivity index (χ1) is 10.1. The molecule has 0 saturated carbocycles. The summed E-state index contributed by atoms with van der Waals surface area (Å²) in [6, 6.07) is 4.07. The molecule has 3 rings (SSSR count). The highest BCUT2D eigenvalue weighted by Crippen LogP contribution is 2.25. The van der Waals surface area contributed by atoms with Crippen LogP contribution >= 0.6 is 0 Å². The quantitative estimate of drug-likeness (QED) is 0.928. The van der Waals surface area contributed by atoms with Crippen molar-refractivity contribution in [2.75, 3.05) is 13.1 Å². The van der Waals surface area contributed by atoms with Gasteiger partial charge >= 0.3 is 0 Å². The summed E-state index contributed by atoms with van der Waals surface area (Å²) in [5.41, 5.74) is 0.616. The lowest BCUT2D eigenvalue weighted by atomic mass is 9.91. The van der Waals surface area contributed by atoms with E-state index in [0.717, 1.165) is 38.3 Å². The monoisotopic (exact) mass is 286 g/mol. The minimum absolute atomic E-state index is 0.614. The van der Waals surface area contributed by atoms with E-state index in [2.05, 4.69) is 20.9 Å². The molecular weight excluding hydrogens is 264 g/mol. The molecule has 0 amide bonds. The van der Waals surface area contributed by atoms with Crippen molar-refractivity contribution in [3.05, 3.63) is 48.3 Å². The fourth-order valence-electron chi connectivity index (χ4n) is 2.92. The summed E-state index contributed by atoms with van der Waals surface area (Å²) in [5, 5.41) is 10.8. The molecule has 21 heavy (non-hydrogen) atoms. The van der Waals surface area contributed by atoms with Gasteiger partial charge in [-0.3, -0.25) is 9.88 Å². The normalized spacial score (nSPS) is 18.8. The number of nitrogens with zero attached hydrogens (tertiary/aromatic N) is 4. The van der Waals surface area contributed by atoms with Crippen LogP contribution in [0.3, 0.4) is 0 Å². The third-order valence-electron chi connectivity index (χ3n) is 4.30. The van der Waals surface area contributed by atoms with E-state index >= 15 is 0 Å². The van der Waals surface area contributed by atoms with Crippen molar-refractivity contribution >= 4 is 0 Å². The second-order valence-electron chi connectivity index (χ2n) is 5.96. The first-order valence-electron chi connectivity index (χ1n) is 7.46. The molecule has 1 aliphatic heterocycles. The minimum atomic E-state index is -0.614. The van der Waals surface area contributed by atoms with Crippen molar-refractivity contribution in [1.82, 2.24) is 19.4 Å². The fourth-order valence-corrected chi connectivity index (χ4v) is 2.92. The number of likely N-dealkylation sites (tertiary alicyclic amines) is 1. The van der Waals surface area contributed by atoms with Gasteiger partial charge in [0.1, 0.15) is 5.82 Å². The predicted octanol–water partition coefficient (Wildman–Crippen LogP) is 1.61. The van der Waals surface area contributed by atoms with Gasteiger partial charge in [0.05, 0.1) is 12.1 Å². The number of hydrogen-bond acceptors (Lipinski definition) is 4. The zero-order valence-electron chi connectivity index (χ0n) is 12.4. The Hall–Kier alpha value is -1.72. The molecule has 0 radical (unpaired) electrons. The zero-order valence-corrected chi connectivity index (χ0v) is 12.4. The zero-order chi connectivity index (χ0) is 14.7. The Balaban J connectivity index is 1.56. The molecule has 2 aromatic rings. The smallest absolute Gasteiger partial charge is 0.105 e. The van der Waals surface area contributed by atoms with E-state index in [-0.39, 0.29) is 0 Å². The Bertz CT molecular complexity index is 573. The van der Waals surface area contributed by atoms with Gasteiger partial charge in [0.25, 0.3) is 0 Å². The summed E-state index contributed by atoms with van der Waals surface area (Å²) < 4.78 is 2.04. The molecule has 0 aliphatic carbocycles. The van der Waals surface area contributed by atoms with Gasteiger partial charge in [0, 0.05) is 44.4 Å². The van der Waals surface area contributed by atoms with Crippen LogP contribution in [0.1, 0.15) is 24.2 Å². The molecule has 112 valence electrons. The van der Waals surface area contributed by atoms with E-state index in [9.17, 15) is 5.11 Å². The maximum atomic E-state index is 10.8. The van der Waals surface area contributed by atoms with Gasteiger partial charge in [0.15, 0.2) is 0 Å². The fraction of sp³-hybridized carbons (Fsp3) is 0.500. The van der Waals surface area contributed by atoms with Crippen molar-refractivity contribution in [2.24, 2.45) is 0 Å². The number of piperidine rings is 1. The van der Waals surface area contributed by atoms with Gasteiger partial charge in [0.2, 0.25) is 0 Å². The Morgan fingerprint density at radius 2 is 2.10 bits per heavy atom. The third kappa shape index (κ3) is 3.49. The summed E-state index contributed by atoms with van der Waals surface area (Å²) >= 11 is 0. The van der Waals surface area contributed by atoms with Crippen LogP contribution in [0.2, 0.25) is 0 Å². The van der Waals surface area contributed by atoms with E-state index in [1.54, 1.807) is 12.4 Å². The molecule has 0 aromatic carbocycles. The van der Waals surface area contributed by atoms with Crippen molar-refractivity contribution in [2.45, 2.75) is 38.5 Å². The van der Waals surface area contributed by atoms with E-state index in [0.29, 0.717) is 6.54 Å². The van der Waals surface area contributed by atoms with Crippen LogP contribution in [-0.4, -0.2) is 43.2 Å². The average molecular weight is 286 g/mol. The van der Waals surface area contributed by atoms with Gasteiger partial charge in [-0.15, -0.1) is 0 Å². The lowest BCUT2D eigenvalue weighted by molar-refractivity contribution is -0.0361. The second kappa shape index (κ2) is 5.95. The first-order valence-corrected chi connectivity index (χ1v) is 7.46. The van der Waals surface area contributed by atoms with Crippen LogP contribution in [0.15, 0.2) is 36.9 Å². The molecule has 1 fully saturated rings. The van der Waals surface area contributed by atoms with Crippen molar-refractivity contribution in [1.29, 1.82) is 0 Å². The molecule has 0 bridgehead atoms. The molecular formula is C16H22N4O. The van der Waals surface area contributed by atoms with Crippen molar-refractivity contribution in [3.63, 3.8) is 0 Å². The number of hydrogen-bond donors (Lipinski definition) is 1. The van der Waals surface area contributed by atoms with E-state index < -0.39 is 5.60 Å². The van der Waals surface area contributed by atoms with Gasteiger partial charge in [-0.2, -0.15) is 0 Å². The van der Waals surface area contributed by atoms with E-state index in [4.69, 9.17) is 0 Å². The second-order valence-corrected chi connectivity index (χ2v) is 5.96.